The van der Waals surface area contributed by atoms with Gasteiger partial charge in [0.25, 0.3) is 5.91 Å². The second kappa shape index (κ2) is 7.91. The summed E-state index contributed by atoms with van der Waals surface area (Å²) in [5, 5.41) is 12.3. The monoisotopic (exact) mass is 372 g/mol. The lowest BCUT2D eigenvalue weighted by atomic mass is 9.86. The summed E-state index contributed by atoms with van der Waals surface area (Å²) in [5.41, 5.74) is 2.09. The molecular weight excluding hydrogens is 344 g/mol. The van der Waals surface area contributed by atoms with Gasteiger partial charge in [-0.1, -0.05) is 39.0 Å². The van der Waals surface area contributed by atoms with Crippen molar-refractivity contribution in [2.75, 3.05) is 32.7 Å². The summed E-state index contributed by atoms with van der Waals surface area (Å²) in [7, 11) is 0. The zero-order valence-electron chi connectivity index (χ0n) is 15.8. The van der Waals surface area contributed by atoms with Gasteiger partial charge in [0.1, 0.15) is 6.10 Å². The van der Waals surface area contributed by atoms with Gasteiger partial charge in [-0.3, -0.25) is 9.69 Å². The molecule has 1 saturated heterocycles. The Hall–Kier alpha value is -1.69. The average Bonchev–Trinajstić information content (AvgIpc) is 3.16. The summed E-state index contributed by atoms with van der Waals surface area (Å²) in [4.78, 5) is 17.9. The van der Waals surface area contributed by atoms with Crippen LogP contribution >= 0.6 is 11.3 Å². The molecule has 2 aromatic rings. The van der Waals surface area contributed by atoms with Crippen LogP contribution in [-0.2, 0) is 5.41 Å². The molecule has 0 radical (unpaired) electrons. The van der Waals surface area contributed by atoms with Gasteiger partial charge in [-0.2, -0.15) is 0 Å². The Morgan fingerprint density at radius 3 is 2.31 bits per heavy atom. The minimum absolute atomic E-state index is 0.0939. The van der Waals surface area contributed by atoms with Gasteiger partial charge >= 0.3 is 0 Å². The van der Waals surface area contributed by atoms with Gasteiger partial charge in [0.05, 0.1) is 0 Å². The summed E-state index contributed by atoms with van der Waals surface area (Å²) in [6.07, 6.45) is -0.442. The number of hydrogen-bond acceptors (Lipinski definition) is 4. The molecule has 0 spiro atoms. The van der Waals surface area contributed by atoms with E-state index in [1.165, 1.54) is 5.56 Å². The molecule has 5 heteroatoms. The van der Waals surface area contributed by atoms with Crippen molar-refractivity contribution in [3.05, 3.63) is 57.8 Å². The van der Waals surface area contributed by atoms with Crippen molar-refractivity contribution in [2.24, 2.45) is 0 Å². The lowest BCUT2D eigenvalue weighted by Crippen LogP contribution is -2.49. The summed E-state index contributed by atoms with van der Waals surface area (Å²) < 4.78 is 0. The molecule has 2 heterocycles. The van der Waals surface area contributed by atoms with Crippen LogP contribution in [0.25, 0.3) is 0 Å². The van der Waals surface area contributed by atoms with Crippen LogP contribution in [0.3, 0.4) is 0 Å². The highest BCUT2D eigenvalue weighted by molar-refractivity contribution is 7.10. The van der Waals surface area contributed by atoms with Gasteiger partial charge in [-0.05, 0) is 34.6 Å². The molecule has 26 heavy (non-hydrogen) atoms. The number of piperazine rings is 1. The van der Waals surface area contributed by atoms with Crippen molar-refractivity contribution in [1.29, 1.82) is 0 Å². The number of aliphatic hydroxyl groups is 1. The molecule has 1 aromatic heterocycles. The van der Waals surface area contributed by atoms with Gasteiger partial charge in [0, 0.05) is 43.2 Å². The SMILES string of the molecule is CC(C)(C)c1ccc(C(=O)N2CCN(CC(O)c3cccs3)CC2)cc1. The minimum Gasteiger partial charge on any atom is -0.386 e. The van der Waals surface area contributed by atoms with E-state index in [9.17, 15) is 9.90 Å². The Morgan fingerprint density at radius 1 is 1.12 bits per heavy atom. The molecule has 1 aliphatic heterocycles. The number of β-amino-alcohol motifs (C(OH)–C–C–N with tert-alkyl or cyclic N) is 1. The van der Waals surface area contributed by atoms with Crippen molar-refractivity contribution in [1.82, 2.24) is 9.80 Å². The minimum atomic E-state index is -0.442. The fourth-order valence-electron chi connectivity index (χ4n) is 3.24. The van der Waals surface area contributed by atoms with E-state index < -0.39 is 6.10 Å². The number of rotatable bonds is 4. The third-order valence-electron chi connectivity index (χ3n) is 4.96. The fraction of sp³-hybridized carbons (Fsp3) is 0.476. The molecule has 0 saturated carbocycles. The van der Waals surface area contributed by atoms with Crippen LogP contribution in [-0.4, -0.2) is 53.5 Å². The molecule has 1 amide bonds. The average molecular weight is 373 g/mol. The number of aliphatic hydroxyl groups excluding tert-OH is 1. The molecule has 1 aliphatic rings. The van der Waals surface area contributed by atoms with Gasteiger partial charge in [0.2, 0.25) is 0 Å². The first-order chi connectivity index (χ1) is 12.3. The number of thiophene rings is 1. The molecule has 1 fully saturated rings. The Kier molecular flexibility index (Phi) is 5.80. The quantitative estimate of drug-likeness (QED) is 0.893. The van der Waals surface area contributed by atoms with Crippen LogP contribution in [0.4, 0.5) is 0 Å². The third kappa shape index (κ3) is 4.53. The van der Waals surface area contributed by atoms with Crippen LogP contribution in [0.15, 0.2) is 41.8 Å². The van der Waals surface area contributed by atoms with Crippen LogP contribution in [0, 0.1) is 0 Å². The highest BCUT2D eigenvalue weighted by Crippen LogP contribution is 2.23. The smallest absolute Gasteiger partial charge is 0.253 e. The number of amides is 1. The Bertz CT molecular complexity index is 711. The van der Waals surface area contributed by atoms with Crippen molar-refractivity contribution < 1.29 is 9.90 Å². The number of nitrogens with zero attached hydrogens (tertiary/aromatic N) is 2. The first-order valence-corrected chi connectivity index (χ1v) is 10.1. The van der Waals surface area contributed by atoms with E-state index >= 15 is 0 Å². The predicted octanol–water partition coefficient (Wildman–Crippen LogP) is 3.54. The zero-order chi connectivity index (χ0) is 18.7. The molecule has 140 valence electrons. The topological polar surface area (TPSA) is 43.8 Å². The van der Waals surface area contributed by atoms with Gasteiger partial charge in [-0.25, -0.2) is 0 Å². The summed E-state index contributed by atoms with van der Waals surface area (Å²) >= 11 is 1.58. The number of carbonyl (C=O) groups is 1. The van der Waals surface area contributed by atoms with Crippen molar-refractivity contribution in [3.8, 4) is 0 Å². The van der Waals surface area contributed by atoms with Crippen molar-refractivity contribution >= 4 is 17.2 Å². The zero-order valence-corrected chi connectivity index (χ0v) is 16.6. The molecular formula is C21H28N2O2S. The second-order valence-electron chi connectivity index (χ2n) is 7.95. The van der Waals surface area contributed by atoms with Gasteiger partial charge in [0.15, 0.2) is 0 Å². The van der Waals surface area contributed by atoms with Crippen molar-refractivity contribution in [2.45, 2.75) is 32.3 Å². The third-order valence-corrected chi connectivity index (χ3v) is 5.93. The van der Waals surface area contributed by atoms with Crippen LogP contribution in [0.2, 0.25) is 0 Å². The maximum absolute atomic E-state index is 12.7. The van der Waals surface area contributed by atoms with E-state index in [1.807, 2.05) is 34.5 Å². The maximum Gasteiger partial charge on any atom is 0.253 e. The normalized spacial score (nSPS) is 17.3. The molecule has 3 rings (SSSR count). The number of benzene rings is 1. The first kappa shape index (κ1) is 19.1. The van der Waals surface area contributed by atoms with E-state index in [1.54, 1.807) is 11.3 Å². The molecule has 4 nitrogen and oxygen atoms in total. The molecule has 0 aliphatic carbocycles. The highest BCUT2D eigenvalue weighted by atomic mass is 32.1. The highest BCUT2D eigenvalue weighted by Gasteiger charge is 2.24. The Labute approximate surface area is 160 Å². The van der Waals surface area contributed by atoms with E-state index in [0.717, 1.165) is 23.5 Å². The van der Waals surface area contributed by atoms with Gasteiger partial charge < -0.3 is 10.0 Å². The first-order valence-electron chi connectivity index (χ1n) is 9.18. The second-order valence-corrected chi connectivity index (χ2v) is 8.93. The molecule has 1 unspecified atom stereocenters. The van der Waals surface area contributed by atoms with Crippen LogP contribution < -0.4 is 0 Å². The maximum atomic E-state index is 12.7. The lowest BCUT2D eigenvalue weighted by molar-refractivity contribution is 0.0533. The van der Waals surface area contributed by atoms with E-state index in [-0.39, 0.29) is 11.3 Å². The van der Waals surface area contributed by atoms with Crippen LogP contribution in [0.1, 0.15) is 47.7 Å². The number of carbonyl (C=O) groups excluding carboxylic acids is 1. The van der Waals surface area contributed by atoms with E-state index in [4.69, 9.17) is 0 Å². The largest absolute Gasteiger partial charge is 0.386 e. The Balaban J connectivity index is 1.53. The van der Waals surface area contributed by atoms with E-state index in [2.05, 4.69) is 37.8 Å². The van der Waals surface area contributed by atoms with Gasteiger partial charge in [-0.15, -0.1) is 11.3 Å². The summed E-state index contributed by atoms with van der Waals surface area (Å²) in [6.45, 7) is 10.2. The standard InChI is InChI=1S/C21H28N2O2S/c1-21(2,3)17-8-6-16(7-9-17)20(25)23-12-10-22(11-13-23)15-18(24)19-5-4-14-26-19/h4-9,14,18,24H,10-13,15H2,1-3H3. The summed E-state index contributed by atoms with van der Waals surface area (Å²) in [6, 6.07) is 11.9. The number of hydrogen-bond donors (Lipinski definition) is 1. The molecule has 1 atom stereocenters. The Morgan fingerprint density at radius 2 is 1.77 bits per heavy atom. The van der Waals surface area contributed by atoms with Crippen LogP contribution in [0.5, 0.6) is 0 Å². The molecule has 0 bridgehead atoms. The van der Waals surface area contributed by atoms with E-state index in [0.29, 0.717) is 19.6 Å². The summed E-state index contributed by atoms with van der Waals surface area (Å²) in [5.74, 6) is 0.101. The molecule has 1 N–H and O–H groups in total. The predicted molar refractivity (Wildman–Crippen MR) is 107 cm³/mol. The fourth-order valence-corrected chi connectivity index (χ4v) is 3.95. The molecule has 1 aromatic carbocycles. The lowest BCUT2D eigenvalue weighted by Gasteiger charge is -2.35. The van der Waals surface area contributed by atoms with Crippen molar-refractivity contribution in [3.63, 3.8) is 0 Å².